The Hall–Kier alpha value is -1.45. The normalized spacial score (nSPS) is 22.4. The average molecular weight is 556 g/mol. The SMILES string of the molecule is CNC[C@@H](NC(=O)N1CCCC([C@@](O)(CCCCOC)c2cccc(Cl)c2F)C1)[C@H](O)C1CCCCCC1. The molecule has 4 atom stereocenters. The highest BCUT2D eigenvalue weighted by Gasteiger charge is 2.43. The summed E-state index contributed by atoms with van der Waals surface area (Å²) < 4.78 is 20.4. The van der Waals surface area contributed by atoms with E-state index in [-0.39, 0.29) is 28.5 Å². The third-order valence-corrected chi connectivity index (χ3v) is 8.78. The van der Waals surface area contributed by atoms with Crippen LogP contribution in [0, 0.1) is 17.7 Å². The van der Waals surface area contributed by atoms with Gasteiger partial charge >= 0.3 is 6.03 Å². The van der Waals surface area contributed by atoms with Gasteiger partial charge in [0, 0.05) is 44.8 Å². The summed E-state index contributed by atoms with van der Waals surface area (Å²) in [5.74, 6) is -0.786. The van der Waals surface area contributed by atoms with Crippen LogP contribution in [0.3, 0.4) is 0 Å². The standard InChI is InChI=1S/C29H47ClFN3O4/c1-32-19-25(27(35)21-11-5-3-4-6-12-21)33-28(36)34-17-10-13-22(20-34)29(37,16-7-8-18-38-2)23-14-9-15-24(30)26(23)31/h9,14-15,21-22,25,27,32,35,37H,3-8,10-13,16-20H2,1-2H3,(H,33,36)/t22?,25-,27-,29+/m1/s1. The van der Waals surface area contributed by atoms with Gasteiger partial charge in [-0.15, -0.1) is 0 Å². The largest absolute Gasteiger partial charge is 0.391 e. The minimum atomic E-state index is -1.47. The molecule has 1 unspecified atom stereocenters. The Morgan fingerprint density at radius 1 is 1.21 bits per heavy atom. The van der Waals surface area contributed by atoms with E-state index in [0.717, 1.165) is 32.1 Å². The van der Waals surface area contributed by atoms with Crippen molar-refractivity contribution in [1.82, 2.24) is 15.5 Å². The summed E-state index contributed by atoms with van der Waals surface area (Å²) in [6.45, 7) is 1.87. The number of unbranched alkanes of at least 4 members (excludes halogenated alkanes) is 1. The van der Waals surface area contributed by atoms with Gasteiger partial charge in [0.15, 0.2) is 0 Å². The first-order valence-corrected chi connectivity index (χ1v) is 14.7. The number of urea groups is 1. The molecule has 2 aliphatic rings. The summed E-state index contributed by atoms with van der Waals surface area (Å²) in [6.07, 6.45) is 9.04. The number of nitrogens with zero attached hydrogens (tertiary/aromatic N) is 1. The molecule has 1 heterocycles. The minimum Gasteiger partial charge on any atom is -0.391 e. The van der Waals surface area contributed by atoms with Crippen molar-refractivity contribution in [3.05, 3.63) is 34.6 Å². The number of amides is 2. The van der Waals surface area contributed by atoms with E-state index in [1.54, 1.807) is 24.1 Å². The van der Waals surface area contributed by atoms with E-state index in [4.69, 9.17) is 16.3 Å². The Labute approximate surface area is 232 Å². The smallest absolute Gasteiger partial charge is 0.317 e. The average Bonchev–Trinajstić information content (AvgIpc) is 3.21. The van der Waals surface area contributed by atoms with Gasteiger partial charge in [0.1, 0.15) is 5.82 Å². The van der Waals surface area contributed by atoms with Crippen molar-refractivity contribution in [2.45, 2.75) is 88.4 Å². The molecule has 0 bridgehead atoms. The molecule has 0 spiro atoms. The van der Waals surface area contributed by atoms with E-state index >= 15 is 4.39 Å². The van der Waals surface area contributed by atoms with Crippen LogP contribution in [0.25, 0.3) is 0 Å². The van der Waals surface area contributed by atoms with Gasteiger partial charge in [-0.25, -0.2) is 9.18 Å². The lowest BCUT2D eigenvalue weighted by molar-refractivity contribution is -0.0590. The third-order valence-electron chi connectivity index (χ3n) is 8.49. The number of hydrogen-bond donors (Lipinski definition) is 4. The number of methoxy groups -OCH3 is 1. The number of aliphatic hydroxyl groups excluding tert-OH is 1. The maximum atomic E-state index is 15.2. The molecule has 2 fully saturated rings. The highest BCUT2D eigenvalue weighted by atomic mass is 35.5. The number of benzene rings is 1. The number of halogens is 2. The lowest BCUT2D eigenvalue weighted by Gasteiger charge is -2.43. The number of aliphatic hydroxyl groups is 2. The highest BCUT2D eigenvalue weighted by molar-refractivity contribution is 6.30. The molecule has 1 aromatic rings. The summed E-state index contributed by atoms with van der Waals surface area (Å²) in [4.78, 5) is 15.2. The molecule has 1 aromatic carbocycles. The Bertz CT molecular complexity index is 870. The Morgan fingerprint density at radius 2 is 1.95 bits per heavy atom. The van der Waals surface area contributed by atoms with Crippen molar-refractivity contribution in [2.75, 3.05) is 40.4 Å². The van der Waals surface area contributed by atoms with Gasteiger partial charge in [-0.1, -0.05) is 49.4 Å². The number of likely N-dealkylation sites (N-methyl/N-ethyl adjacent to an activating group) is 1. The molecule has 216 valence electrons. The second-order valence-corrected chi connectivity index (χ2v) is 11.5. The molecule has 1 saturated carbocycles. The van der Waals surface area contributed by atoms with Gasteiger partial charge in [-0.3, -0.25) is 0 Å². The number of hydrogen-bond acceptors (Lipinski definition) is 5. The van der Waals surface area contributed by atoms with Crippen LogP contribution in [0.15, 0.2) is 18.2 Å². The molecule has 3 rings (SSSR count). The number of piperidine rings is 1. The number of carbonyl (C=O) groups is 1. The zero-order valence-electron chi connectivity index (χ0n) is 23.1. The Balaban J connectivity index is 1.74. The van der Waals surface area contributed by atoms with Crippen molar-refractivity contribution in [3.8, 4) is 0 Å². The van der Waals surface area contributed by atoms with Gasteiger partial charge < -0.3 is 30.5 Å². The summed E-state index contributed by atoms with van der Waals surface area (Å²) >= 11 is 6.10. The van der Waals surface area contributed by atoms with Crippen molar-refractivity contribution in [2.24, 2.45) is 11.8 Å². The number of nitrogens with one attached hydrogen (secondary N) is 2. The fourth-order valence-electron chi connectivity index (χ4n) is 6.30. The monoisotopic (exact) mass is 555 g/mol. The maximum absolute atomic E-state index is 15.2. The molecule has 1 aliphatic carbocycles. The van der Waals surface area contributed by atoms with E-state index in [9.17, 15) is 15.0 Å². The topological polar surface area (TPSA) is 94.1 Å². The van der Waals surface area contributed by atoms with Gasteiger partial charge in [0.2, 0.25) is 0 Å². The van der Waals surface area contributed by atoms with Crippen LogP contribution in [0.4, 0.5) is 9.18 Å². The van der Waals surface area contributed by atoms with Crippen LogP contribution >= 0.6 is 11.6 Å². The van der Waals surface area contributed by atoms with E-state index in [1.165, 1.54) is 18.9 Å². The predicted molar refractivity (Wildman–Crippen MR) is 149 cm³/mol. The molecule has 0 aromatic heterocycles. The second-order valence-electron chi connectivity index (χ2n) is 11.1. The molecule has 9 heteroatoms. The van der Waals surface area contributed by atoms with E-state index in [0.29, 0.717) is 51.9 Å². The van der Waals surface area contributed by atoms with Gasteiger partial charge in [-0.05, 0) is 64.0 Å². The fraction of sp³-hybridized carbons (Fsp3) is 0.759. The molecule has 1 aliphatic heterocycles. The number of likely N-dealkylation sites (tertiary alicyclic amines) is 1. The quantitative estimate of drug-likeness (QED) is 0.219. The molecular weight excluding hydrogens is 509 g/mol. The van der Waals surface area contributed by atoms with Crippen LogP contribution in [0.5, 0.6) is 0 Å². The molecule has 2 amide bonds. The molecule has 0 radical (unpaired) electrons. The Kier molecular flexibility index (Phi) is 12.6. The highest BCUT2D eigenvalue weighted by Crippen LogP contribution is 2.42. The van der Waals surface area contributed by atoms with Crippen molar-refractivity contribution in [1.29, 1.82) is 0 Å². The zero-order valence-corrected chi connectivity index (χ0v) is 23.8. The van der Waals surface area contributed by atoms with Crippen molar-refractivity contribution in [3.63, 3.8) is 0 Å². The first kappa shape index (κ1) is 31.1. The summed E-state index contributed by atoms with van der Waals surface area (Å²) in [6, 6.07) is 4.08. The van der Waals surface area contributed by atoms with Crippen LogP contribution in [-0.4, -0.2) is 73.7 Å². The second kappa shape index (κ2) is 15.4. The van der Waals surface area contributed by atoms with Crippen molar-refractivity contribution >= 4 is 17.6 Å². The summed E-state index contributed by atoms with van der Waals surface area (Å²) in [7, 11) is 3.45. The van der Waals surface area contributed by atoms with Crippen molar-refractivity contribution < 1.29 is 24.1 Å². The van der Waals surface area contributed by atoms with E-state index in [1.807, 2.05) is 7.05 Å². The molecular formula is C29H47ClFN3O4. The minimum absolute atomic E-state index is 0.0226. The first-order chi connectivity index (χ1) is 18.3. The zero-order chi connectivity index (χ0) is 27.5. The maximum Gasteiger partial charge on any atom is 0.317 e. The first-order valence-electron chi connectivity index (χ1n) is 14.4. The van der Waals surface area contributed by atoms with Gasteiger partial charge in [0.25, 0.3) is 0 Å². The predicted octanol–water partition coefficient (Wildman–Crippen LogP) is 4.82. The molecule has 7 nitrogen and oxygen atoms in total. The number of ether oxygens (including phenoxy) is 1. The number of carbonyl (C=O) groups excluding carboxylic acids is 1. The van der Waals surface area contributed by atoms with Crippen LogP contribution in [0.1, 0.15) is 76.2 Å². The van der Waals surface area contributed by atoms with E-state index in [2.05, 4.69) is 10.6 Å². The van der Waals surface area contributed by atoms with Gasteiger partial charge in [-0.2, -0.15) is 0 Å². The van der Waals surface area contributed by atoms with Crippen LogP contribution in [0.2, 0.25) is 5.02 Å². The summed E-state index contributed by atoms with van der Waals surface area (Å²) in [5.41, 5.74) is -1.28. The Morgan fingerprint density at radius 3 is 2.63 bits per heavy atom. The lowest BCUT2D eigenvalue weighted by atomic mass is 9.74. The fourth-order valence-corrected chi connectivity index (χ4v) is 6.47. The third kappa shape index (κ3) is 8.04. The van der Waals surface area contributed by atoms with Gasteiger partial charge in [0.05, 0.1) is 22.8 Å². The van der Waals surface area contributed by atoms with Crippen LogP contribution < -0.4 is 10.6 Å². The number of rotatable bonds is 12. The van der Waals surface area contributed by atoms with Crippen LogP contribution in [-0.2, 0) is 10.3 Å². The molecule has 4 N–H and O–H groups in total. The lowest BCUT2D eigenvalue weighted by Crippen LogP contribution is -2.57. The molecule has 1 saturated heterocycles. The molecule has 38 heavy (non-hydrogen) atoms. The summed E-state index contributed by atoms with van der Waals surface area (Å²) in [5, 5.41) is 29.4. The van der Waals surface area contributed by atoms with E-state index < -0.39 is 23.6 Å².